The quantitative estimate of drug-likeness (QED) is 0.371. The lowest BCUT2D eigenvalue weighted by Gasteiger charge is -2.30. The van der Waals surface area contributed by atoms with Crippen LogP contribution >= 0.6 is 11.6 Å². The second-order valence-electron chi connectivity index (χ2n) is 4.80. The Balaban J connectivity index is 2.44. The number of alkyl halides is 1. The zero-order chi connectivity index (χ0) is 15.6. The highest BCUT2D eigenvalue weighted by Crippen LogP contribution is 2.36. The van der Waals surface area contributed by atoms with E-state index in [2.05, 4.69) is 0 Å². The maximum Gasteiger partial charge on any atom is 0.266 e. The number of nitro groups is 1. The Kier molecular flexibility index (Phi) is 4.25. The van der Waals surface area contributed by atoms with Gasteiger partial charge in [0.2, 0.25) is 0 Å². The van der Waals surface area contributed by atoms with E-state index in [4.69, 9.17) is 16.3 Å². The van der Waals surface area contributed by atoms with Gasteiger partial charge in [-0.25, -0.2) is 0 Å². The molecule has 0 radical (unpaired) electrons. The summed E-state index contributed by atoms with van der Waals surface area (Å²) < 4.78 is 5.18. The lowest BCUT2D eigenvalue weighted by atomic mass is 9.87. The molecule has 2 rings (SSSR count). The molecule has 2 unspecified atom stereocenters. The molecule has 5 nitrogen and oxygen atoms in total. The molecule has 6 heteroatoms. The lowest BCUT2D eigenvalue weighted by molar-refractivity contribution is -0.419. The van der Waals surface area contributed by atoms with E-state index in [1.54, 1.807) is 18.2 Å². The summed E-state index contributed by atoms with van der Waals surface area (Å²) in [4.78, 5) is 23.0. The smallest absolute Gasteiger partial charge is 0.266 e. The Morgan fingerprint density at radius 2 is 2.19 bits per heavy atom. The average molecular weight is 308 g/mol. The van der Waals surface area contributed by atoms with E-state index >= 15 is 0 Å². The SMILES string of the molecule is COC1(Cl)C=CC([N+](=O)[O-])=CC1C(=O)c1cccc(C)c1. The number of aryl methyl sites for hydroxylation is 1. The van der Waals surface area contributed by atoms with Crippen molar-refractivity contribution in [2.45, 2.75) is 12.0 Å². The van der Waals surface area contributed by atoms with Gasteiger partial charge in [-0.2, -0.15) is 0 Å². The average Bonchev–Trinajstić information content (AvgIpc) is 2.46. The highest BCUT2D eigenvalue weighted by Gasteiger charge is 2.42. The molecule has 0 aromatic heterocycles. The van der Waals surface area contributed by atoms with Crippen molar-refractivity contribution in [1.29, 1.82) is 0 Å². The predicted molar refractivity (Wildman–Crippen MR) is 78.8 cm³/mol. The van der Waals surface area contributed by atoms with Gasteiger partial charge in [0.25, 0.3) is 5.70 Å². The maximum absolute atomic E-state index is 12.6. The third kappa shape index (κ3) is 3.04. The van der Waals surface area contributed by atoms with Crippen molar-refractivity contribution >= 4 is 17.4 Å². The fourth-order valence-electron chi connectivity index (χ4n) is 2.19. The summed E-state index contributed by atoms with van der Waals surface area (Å²) in [6.45, 7) is 1.86. The van der Waals surface area contributed by atoms with Gasteiger partial charge in [-0.1, -0.05) is 35.4 Å². The number of benzene rings is 1. The van der Waals surface area contributed by atoms with Crippen LogP contribution in [0.15, 0.2) is 48.2 Å². The van der Waals surface area contributed by atoms with Gasteiger partial charge in [-0.3, -0.25) is 14.9 Å². The number of Topliss-reactive ketones (excluding diaryl/α,β-unsaturated/α-hetero) is 1. The van der Waals surface area contributed by atoms with Crippen LogP contribution in [0.3, 0.4) is 0 Å². The van der Waals surface area contributed by atoms with E-state index in [0.29, 0.717) is 5.56 Å². The number of carbonyl (C=O) groups excluding carboxylic acids is 1. The third-order valence-electron chi connectivity index (χ3n) is 3.35. The number of ether oxygens (including phenoxy) is 1. The summed E-state index contributed by atoms with van der Waals surface area (Å²) in [7, 11) is 1.36. The molecule has 0 saturated carbocycles. The predicted octanol–water partition coefficient (Wildman–Crippen LogP) is 3.11. The summed E-state index contributed by atoms with van der Waals surface area (Å²) in [5.41, 5.74) is 1.19. The molecule has 1 aliphatic rings. The maximum atomic E-state index is 12.6. The van der Waals surface area contributed by atoms with Crippen molar-refractivity contribution < 1.29 is 14.5 Å². The third-order valence-corrected chi connectivity index (χ3v) is 3.87. The number of hydrogen-bond acceptors (Lipinski definition) is 4. The molecule has 110 valence electrons. The van der Waals surface area contributed by atoms with Gasteiger partial charge in [0.1, 0.15) is 0 Å². The van der Waals surface area contributed by atoms with Crippen molar-refractivity contribution in [1.82, 2.24) is 0 Å². The van der Waals surface area contributed by atoms with Crippen molar-refractivity contribution in [3.8, 4) is 0 Å². The van der Waals surface area contributed by atoms with E-state index < -0.39 is 15.9 Å². The molecule has 0 heterocycles. The number of halogens is 1. The first-order chi connectivity index (χ1) is 9.87. The minimum Gasteiger partial charge on any atom is -0.358 e. The van der Waals surface area contributed by atoms with Crippen LogP contribution in [0.25, 0.3) is 0 Å². The van der Waals surface area contributed by atoms with E-state index in [1.807, 2.05) is 13.0 Å². The van der Waals surface area contributed by atoms with Crippen LogP contribution in [-0.2, 0) is 4.74 Å². The van der Waals surface area contributed by atoms with Crippen LogP contribution < -0.4 is 0 Å². The van der Waals surface area contributed by atoms with E-state index in [1.165, 1.54) is 25.3 Å². The van der Waals surface area contributed by atoms with Gasteiger partial charge in [-0.15, -0.1) is 0 Å². The highest BCUT2D eigenvalue weighted by atomic mass is 35.5. The van der Waals surface area contributed by atoms with Crippen LogP contribution in [0.2, 0.25) is 0 Å². The molecular formula is C15H14ClNO4. The van der Waals surface area contributed by atoms with Gasteiger partial charge in [-0.05, 0) is 19.1 Å². The van der Waals surface area contributed by atoms with Gasteiger partial charge in [0, 0.05) is 24.8 Å². The van der Waals surface area contributed by atoms with Gasteiger partial charge in [0.05, 0.1) is 10.8 Å². The summed E-state index contributed by atoms with van der Waals surface area (Å²) in [5.74, 6) is -1.28. The van der Waals surface area contributed by atoms with Crippen molar-refractivity contribution in [2.75, 3.05) is 7.11 Å². The summed E-state index contributed by atoms with van der Waals surface area (Å²) in [6, 6.07) is 6.98. The van der Waals surface area contributed by atoms with Crippen LogP contribution in [0.1, 0.15) is 15.9 Å². The number of nitrogens with zero attached hydrogens (tertiary/aromatic N) is 1. The number of carbonyl (C=O) groups is 1. The fourth-order valence-corrected chi connectivity index (χ4v) is 2.42. The van der Waals surface area contributed by atoms with Crippen molar-refractivity contribution in [2.24, 2.45) is 5.92 Å². The number of allylic oxidation sites excluding steroid dienone is 1. The standard InChI is InChI=1S/C15H14ClNO4/c1-10-4-3-5-11(8-10)14(18)13-9-12(17(19)20)6-7-15(13,16)21-2/h3-9,13H,1-2H3. The molecule has 1 aromatic rings. The molecule has 0 fully saturated rings. The Morgan fingerprint density at radius 3 is 2.76 bits per heavy atom. The first kappa shape index (κ1) is 15.4. The minimum atomic E-state index is -1.42. The van der Waals surface area contributed by atoms with Crippen LogP contribution in [0.5, 0.6) is 0 Å². The lowest BCUT2D eigenvalue weighted by Crippen LogP contribution is -2.38. The highest BCUT2D eigenvalue weighted by molar-refractivity contribution is 6.27. The Morgan fingerprint density at radius 1 is 1.48 bits per heavy atom. The van der Waals surface area contributed by atoms with Crippen molar-refractivity contribution in [3.05, 3.63) is 69.4 Å². The van der Waals surface area contributed by atoms with Crippen LogP contribution in [0.4, 0.5) is 0 Å². The van der Waals surface area contributed by atoms with E-state index in [-0.39, 0.29) is 11.5 Å². The molecular weight excluding hydrogens is 294 g/mol. The summed E-state index contributed by atoms with van der Waals surface area (Å²) >= 11 is 6.28. The van der Waals surface area contributed by atoms with Gasteiger partial charge in [0.15, 0.2) is 10.8 Å². The molecule has 1 aromatic carbocycles. The molecule has 21 heavy (non-hydrogen) atoms. The first-order valence-corrected chi connectivity index (χ1v) is 6.65. The van der Waals surface area contributed by atoms with Crippen LogP contribution in [0, 0.1) is 23.0 Å². The van der Waals surface area contributed by atoms with Crippen molar-refractivity contribution in [3.63, 3.8) is 0 Å². The van der Waals surface area contributed by atoms with Crippen LogP contribution in [-0.4, -0.2) is 22.9 Å². The number of hydrogen-bond donors (Lipinski definition) is 0. The largest absolute Gasteiger partial charge is 0.358 e. The molecule has 0 aliphatic heterocycles. The van der Waals surface area contributed by atoms with E-state index in [0.717, 1.165) is 5.56 Å². The number of rotatable bonds is 4. The molecule has 0 N–H and O–H groups in total. The molecule has 0 amide bonds. The zero-order valence-corrected chi connectivity index (χ0v) is 12.3. The Bertz CT molecular complexity index is 653. The number of ketones is 1. The van der Waals surface area contributed by atoms with Gasteiger partial charge >= 0.3 is 0 Å². The first-order valence-electron chi connectivity index (χ1n) is 6.28. The van der Waals surface area contributed by atoms with Gasteiger partial charge < -0.3 is 4.74 Å². The molecule has 1 aliphatic carbocycles. The topological polar surface area (TPSA) is 69.4 Å². The Hall–Kier alpha value is -1.98. The fraction of sp³-hybridized carbons (Fsp3) is 0.267. The summed E-state index contributed by atoms with van der Waals surface area (Å²) in [6.07, 6.45) is 3.82. The second-order valence-corrected chi connectivity index (χ2v) is 5.39. The number of methoxy groups -OCH3 is 1. The Labute approximate surface area is 127 Å². The van der Waals surface area contributed by atoms with E-state index in [9.17, 15) is 14.9 Å². The molecule has 0 spiro atoms. The zero-order valence-electron chi connectivity index (χ0n) is 11.6. The normalized spacial score (nSPS) is 24.5. The monoisotopic (exact) mass is 307 g/mol. The second kappa shape index (κ2) is 5.79. The molecule has 0 saturated heterocycles. The molecule has 2 atom stereocenters. The summed E-state index contributed by atoms with van der Waals surface area (Å²) in [5, 5.41) is 9.49. The molecule has 0 bridgehead atoms. The minimum absolute atomic E-state index is 0.172.